The molecule has 0 fully saturated rings. The van der Waals surface area contributed by atoms with Crippen LogP contribution in [0.3, 0.4) is 0 Å². The molecule has 0 aliphatic rings. The van der Waals surface area contributed by atoms with Crippen molar-refractivity contribution in [2.45, 2.75) is 26.4 Å². The van der Waals surface area contributed by atoms with Crippen molar-refractivity contribution in [3.8, 4) is 0 Å². The van der Waals surface area contributed by atoms with E-state index in [1.807, 2.05) is 39.0 Å². The fourth-order valence-electron chi connectivity index (χ4n) is 1.61. The molecule has 0 bridgehead atoms. The highest BCUT2D eigenvalue weighted by Crippen LogP contribution is 2.25. The van der Waals surface area contributed by atoms with Crippen molar-refractivity contribution in [2.75, 3.05) is 0 Å². The molecule has 0 radical (unpaired) electrons. The SMILES string of the molecule is CC(C)(C)OC(=O)n1ccc2cccc(Cl)c21. The Labute approximate surface area is 105 Å². The van der Waals surface area contributed by atoms with Crippen LogP contribution in [-0.4, -0.2) is 16.3 Å². The van der Waals surface area contributed by atoms with E-state index < -0.39 is 11.7 Å². The van der Waals surface area contributed by atoms with Crippen molar-refractivity contribution in [3.63, 3.8) is 0 Å². The van der Waals surface area contributed by atoms with Gasteiger partial charge in [-0.05, 0) is 32.9 Å². The van der Waals surface area contributed by atoms with E-state index in [1.165, 1.54) is 4.57 Å². The lowest BCUT2D eigenvalue weighted by Crippen LogP contribution is -2.26. The third-order valence-electron chi connectivity index (χ3n) is 2.25. The normalized spacial score (nSPS) is 11.8. The van der Waals surface area contributed by atoms with Gasteiger partial charge in [0.1, 0.15) is 5.60 Å². The molecule has 2 aromatic rings. The summed E-state index contributed by atoms with van der Waals surface area (Å²) >= 11 is 6.09. The summed E-state index contributed by atoms with van der Waals surface area (Å²) in [5.74, 6) is 0. The van der Waals surface area contributed by atoms with Crippen molar-refractivity contribution < 1.29 is 9.53 Å². The second-order valence-electron chi connectivity index (χ2n) is 4.84. The molecule has 0 atom stereocenters. The van der Waals surface area contributed by atoms with E-state index in [0.717, 1.165) is 5.39 Å². The van der Waals surface area contributed by atoms with Crippen molar-refractivity contribution in [1.82, 2.24) is 4.57 Å². The van der Waals surface area contributed by atoms with Gasteiger partial charge in [0.15, 0.2) is 0 Å². The second kappa shape index (κ2) is 4.08. The number of rotatable bonds is 0. The molecule has 0 amide bonds. The van der Waals surface area contributed by atoms with Crippen LogP contribution in [0.5, 0.6) is 0 Å². The van der Waals surface area contributed by atoms with E-state index in [2.05, 4.69) is 0 Å². The molecule has 17 heavy (non-hydrogen) atoms. The van der Waals surface area contributed by atoms with Crippen LogP contribution in [0.2, 0.25) is 5.02 Å². The average molecular weight is 252 g/mol. The van der Waals surface area contributed by atoms with E-state index in [1.54, 1.807) is 12.3 Å². The highest BCUT2D eigenvalue weighted by atomic mass is 35.5. The van der Waals surface area contributed by atoms with Crippen LogP contribution in [0, 0.1) is 0 Å². The number of aromatic nitrogens is 1. The van der Waals surface area contributed by atoms with Gasteiger partial charge in [0, 0.05) is 11.6 Å². The zero-order chi connectivity index (χ0) is 12.6. The van der Waals surface area contributed by atoms with E-state index in [-0.39, 0.29) is 0 Å². The first-order chi connectivity index (χ1) is 7.88. The zero-order valence-electron chi connectivity index (χ0n) is 10.0. The van der Waals surface area contributed by atoms with Gasteiger partial charge in [-0.2, -0.15) is 0 Å². The zero-order valence-corrected chi connectivity index (χ0v) is 10.8. The third kappa shape index (κ3) is 2.44. The Morgan fingerprint density at radius 2 is 2.00 bits per heavy atom. The summed E-state index contributed by atoms with van der Waals surface area (Å²) in [4.78, 5) is 12.0. The summed E-state index contributed by atoms with van der Waals surface area (Å²) in [6, 6.07) is 7.35. The minimum atomic E-state index is -0.519. The molecular formula is C13H14ClNO2. The molecule has 0 saturated carbocycles. The standard InChI is InChI=1S/C13H14ClNO2/c1-13(2,3)17-12(16)15-8-7-9-5-4-6-10(14)11(9)15/h4-8H,1-3H3. The van der Waals surface area contributed by atoms with Gasteiger partial charge >= 0.3 is 6.09 Å². The van der Waals surface area contributed by atoms with Crippen LogP contribution in [0.4, 0.5) is 4.79 Å². The maximum absolute atomic E-state index is 12.0. The van der Waals surface area contributed by atoms with E-state index >= 15 is 0 Å². The van der Waals surface area contributed by atoms with Crippen molar-refractivity contribution in [1.29, 1.82) is 0 Å². The Kier molecular flexibility index (Phi) is 2.87. The Balaban J connectivity index is 2.46. The first kappa shape index (κ1) is 12.0. The van der Waals surface area contributed by atoms with Crippen LogP contribution in [0.1, 0.15) is 20.8 Å². The maximum Gasteiger partial charge on any atom is 0.419 e. The smallest absolute Gasteiger partial charge is 0.419 e. The van der Waals surface area contributed by atoms with Crippen LogP contribution >= 0.6 is 11.6 Å². The Hall–Kier alpha value is -1.48. The van der Waals surface area contributed by atoms with Gasteiger partial charge in [-0.15, -0.1) is 0 Å². The molecule has 1 heterocycles. The molecule has 0 unspecified atom stereocenters. The van der Waals surface area contributed by atoms with Gasteiger partial charge in [-0.1, -0.05) is 23.7 Å². The minimum absolute atomic E-state index is 0.416. The number of hydrogen-bond donors (Lipinski definition) is 0. The van der Waals surface area contributed by atoms with Gasteiger partial charge in [0.25, 0.3) is 0 Å². The highest BCUT2D eigenvalue weighted by molar-refractivity contribution is 6.35. The predicted octanol–water partition coefficient (Wildman–Crippen LogP) is 4.08. The monoisotopic (exact) mass is 251 g/mol. The number of fused-ring (bicyclic) bond motifs is 1. The molecule has 3 nitrogen and oxygen atoms in total. The molecule has 0 N–H and O–H groups in total. The first-order valence-electron chi connectivity index (χ1n) is 5.37. The molecule has 4 heteroatoms. The van der Waals surface area contributed by atoms with Crippen molar-refractivity contribution >= 4 is 28.6 Å². The number of nitrogens with zero attached hydrogens (tertiary/aromatic N) is 1. The average Bonchev–Trinajstić information content (AvgIpc) is 2.60. The third-order valence-corrected chi connectivity index (χ3v) is 2.56. The van der Waals surface area contributed by atoms with Crippen molar-refractivity contribution in [2.24, 2.45) is 0 Å². The number of benzene rings is 1. The van der Waals surface area contributed by atoms with Gasteiger partial charge in [0.05, 0.1) is 10.5 Å². The fourth-order valence-corrected chi connectivity index (χ4v) is 1.89. The molecule has 90 valence electrons. The second-order valence-corrected chi connectivity index (χ2v) is 5.25. The van der Waals surface area contributed by atoms with Crippen LogP contribution in [0.15, 0.2) is 30.5 Å². The molecule has 2 rings (SSSR count). The van der Waals surface area contributed by atoms with Crippen LogP contribution in [0.25, 0.3) is 10.9 Å². The lowest BCUT2D eigenvalue weighted by atomic mass is 10.2. The van der Waals surface area contributed by atoms with Crippen LogP contribution < -0.4 is 0 Å². The summed E-state index contributed by atoms with van der Waals surface area (Å²) in [5, 5.41) is 1.46. The number of halogens is 1. The lowest BCUT2D eigenvalue weighted by molar-refractivity contribution is 0.0544. The molecule has 1 aromatic heterocycles. The summed E-state index contributed by atoms with van der Waals surface area (Å²) in [7, 11) is 0. The van der Waals surface area contributed by atoms with E-state index in [4.69, 9.17) is 16.3 Å². The van der Waals surface area contributed by atoms with E-state index in [9.17, 15) is 4.79 Å². The highest BCUT2D eigenvalue weighted by Gasteiger charge is 2.19. The van der Waals surface area contributed by atoms with Gasteiger partial charge in [-0.25, -0.2) is 4.79 Å². The number of hydrogen-bond acceptors (Lipinski definition) is 2. The predicted molar refractivity (Wildman–Crippen MR) is 68.6 cm³/mol. The molecule has 0 aliphatic heterocycles. The minimum Gasteiger partial charge on any atom is -0.443 e. The fraction of sp³-hybridized carbons (Fsp3) is 0.308. The number of ether oxygens (including phenoxy) is 1. The first-order valence-corrected chi connectivity index (χ1v) is 5.75. The quantitative estimate of drug-likeness (QED) is 0.707. The molecular weight excluding hydrogens is 238 g/mol. The summed E-state index contributed by atoms with van der Waals surface area (Å²) in [5.41, 5.74) is 0.165. The number of para-hydroxylation sites is 1. The molecule has 0 spiro atoms. The summed E-state index contributed by atoms with van der Waals surface area (Å²) in [6.07, 6.45) is 1.26. The topological polar surface area (TPSA) is 31.2 Å². The lowest BCUT2D eigenvalue weighted by Gasteiger charge is -2.19. The molecule has 0 aliphatic carbocycles. The summed E-state index contributed by atoms with van der Waals surface area (Å²) < 4.78 is 6.74. The van der Waals surface area contributed by atoms with Gasteiger partial charge in [-0.3, -0.25) is 4.57 Å². The van der Waals surface area contributed by atoms with Gasteiger partial charge < -0.3 is 4.74 Å². The molecule has 0 saturated heterocycles. The largest absolute Gasteiger partial charge is 0.443 e. The maximum atomic E-state index is 12.0. The molecule has 1 aromatic carbocycles. The van der Waals surface area contributed by atoms with Crippen molar-refractivity contribution in [3.05, 3.63) is 35.5 Å². The summed E-state index contributed by atoms with van der Waals surface area (Å²) in [6.45, 7) is 5.49. The van der Waals surface area contributed by atoms with Gasteiger partial charge in [0.2, 0.25) is 0 Å². The Morgan fingerprint density at radius 3 is 2.65 bits per heavy atom. The van der Waals surface area contributed by atoms with Crippen LogP contribution in [-0.2, 0) is 4.74 Å². The Bertz CT molecular complexity index is 566. The van der Waals surface area contributed by atoms with E-state index in [0.29, 0.717) is 10.5 Å². The number of carbonyl (C=O) groups is 1. The Morgan fingerprint density at radius 1 is 1.29 bits per heavy atom. The number of carbonyl (C=O) groups excluding carboxylic acids is 1.